The van der Waals surface area contributed by atoms with Crippen LogP contribution in [0.4, 0.5) is 4.39 Å². The molecule has 0 atom stereocenters. The fraction of sp³-hybridized carbons (Fsp3) is 0.111. The molecule has 0 saturated heterocycles. The van der Waals surface area contributed by atoms with E-state index in [0.717, 1.165) is 16.2 Å². The van der Waals surface area contributed by atoms with Gasteiger partial charge in [0, 0.05) is 5.75 Å². The molecule has 0 radical (unpaired) electrons. The summed E-state index contributed by atoms with van der Waals surface area (Å²) < 4.78 is 14.8. The van der Waals surface area contributed by atoms with Gasteiger partial charge in [0.1, 0.15) is 17.2 Å². The smallest absolute Gasteiger partial charge is 0.183 e. The van der Waals surface area contributed by atoms with Gasteiger partial charge in [-0.05, 0) is 23.3 Å². The number of benzene rings is 2. The number of thioether (sulfide) groups is 1. The molecule has 0 amide bonds. The number of fused-ring (bicyclic) bond motifs is 1. The van der Waals surface area contributed by atoms with Gasteiger partial charge in [0.2, 0.25) is 0 Å². The van der Waals surface area contributed by atoms with Gasteiger partial charge < -0.3 is 0 Å². The number of halogens is 1. The predicted octanol–water partition coefficient (Wildman–Crippen LogP) is 3.70. The van der Waals surface area contributed by atoms with Crippen molar-refractivity contribution in [1.29, 1.82) is 0 Å². The van der Waals surface area contributed by atoms with Crippen LogP contribution in [0, 0.1) is 5.82 Å². The van der Waals surface area contributed by atoms with E-state index in [9.17, 15) is 4.39 Å². The largest absolute Gasteiger partial charge is 0.227 e. The van der Waals surface area contributed by atoms with Gasteiger partial charge in [-0.25, -0.2) is 19.0 Å². The van der Waals surface area contributed by atoms with Gasteiger partial charge in [-0.3, -0.25) is 0 Å². The van der Waals surface area contributed by atoms with Crippen molar-refractivity contribution < 1.29 is 4.39 Å². The summed E-state index contributed by atoms with van der Waals surface area (Å²) in [5, 5.41) is 9.24. The standard InChI is InChI=1S/C18H14FN5S/c19-15-8-6-14(7-9-15)11-25-18-16-17(20-12-21-18)24(23-22-16)10-13-4-2-1-3-5-13/h1-9,12H,10-11H2. The fourth-order valence-electron chi connectivity index (χ4n) is 2.47. The summed E-state index contributed by atoms with van der Waals surface area (Å²) >= 11 is 1.54. The van der Waals surface area contributed by atoms with Crippen LogP contribution < -0.4 is 0 Å². The molecule has 0 N–H and O–H groups in total. The van der Waals surface area contributed by atoms with Gasteiger partial charge in [0.25, 0.3) is 0 Å². The van der Waals surface area contributed by atoms with Crippen molar-refractivity contribution in [3.63, 3.8) is 0 Å². The van der Waals surface area contributed by atoms with Crippen LogP contribution in [0.2, 0.25) is 0 Å². The SMILES string of the molecule is Fc1ccc(CSc2ncnc3c2nnn3Cc2ccccc2)cc1. The molecule has 2 heterocycles. The molecule has 4 rings (SSSR count). The Morgan fingerprint density at radius 3 is 2.52 bits per heavy atom. The molecule has 0 bridgehead atoms. The Kier molecular flexibility index (Phi) is 4.39. The summed E-state index contributed by atoms with van der Waals surface area (Å²) in [5.41, 5.74) is 3.55. The normalized spacial score (nSPS) is 11.1. The lowest BCUT2D eigenvalue weighted by Crippen LogP contribution is -2.02. The molecule has 5 nitrogen and oxygen atoms in total. The highest BCUT2D eigenvalue weighted by Crippen LogP contribution is 2.26. The van der Waals surface area contributed by atoms with Gasteiger partial charge in [-0.1, -0.05) is 59.4 Å². The van der Waals surface area contributed by atoms with Crippen LogP contribution in [-0.4, -0.2) is 25.0 Å². The first-order valence-corrected chi connectivity index (χ1v) is 8.73. The second-order valence-electron chi connectivity index (χ2n) is 5.50. The first-order valence-electron chi connectivity index (χ1n) is 7.75. The Bertz CT molecular complexity index is 985. The van der Waals surface area contributed by atoms with E-state index in [-0.39, 0.29) is 5.82 Å². The quantitative estimate of drug-likeness (QED) is 0.405. The van der Waals surface area contributed by atoms with Crippen molar-refractivity contribution >= 4 is 22.9 Å². The van der Waals surface area contributed by atoms with E-state index in [1.54, 1.807) is 16.8 Å². The summed E-state index contributed by atoms with van der Waals surface area (Å²) in [6, 6.07) is 16.5. The molecule has 124 valence electrons. The molecule has 0 spiro atoms. The van der Waals surface area contributed by atoms with Gasteiger partial charge >= 0.3 is 0 Å². The molecule has 0 saturated carbocycles. The lowest BCUT2D eigenvalue weighted by Gasteiger charge is -2.03. The monoisotopic (exact) mass is 351 g/mol. The number of hydrogen-bond donors (Lipinski definition) is 0. The highest BCUT2D eigenvalue weighted by atomic mass is 32.2. The van der Waals surface area contributed by atoms with E-state index < -0.39 is 0 Å². The van der Waals surface area contributed by atoms with E-state index in [1.807, 2.05) is 30.3 Å². The van der Waals surface area contributed by atoms with E-state index in [2.05, 4.69) is 20.3 Å². The van der Waals surface area contributed by atoms with Crippen LogP contribution in [0.15, 0.2) is 66.0 Å². The topological polar surface area (TPSA) is 56.5 Å². The minimum absolute atomic E-state index is 0.234. The van der Waals surface area contributed by atoms with Gasteiger partial charge in [-0.2, -0.15) is 0 Å². The molecule has 0 aliphatic carbocycles. The Hall–Kier alpha value is -2.80. The third-order valence-electron chi connectivity index (χ3n) is 3.73. The zero-order valence-electron chi connectivity index (χ0n) is 13.2. The number of hydrogen-bond acceptors (Lipinski definition) is 5. The molecule has 7 heteroatoms. The molecule has 4 aromatic rings. The highest BCUT2D eigenvalue weighted by Gasteiger charge is 2.12. The lowest BCUT2D eigenvalue weighted by molar-refractivity contribution is 0.627. The summed E-state index contributed by atoms with van der Waals surface area (Å²) in [5.74, 6) is 0.444. The molecular weight excluding hydrogens is 337 g/mol. The van der Waals surface area contributed by atoms with E-state index in [1.165, 1.54) is 30.2 Å². The molecule has 0 aliphatic heterocycles. The molecule has 2 aromatic heterocycles. The minimum atomic E-state index is -0.234. The van der Waals surface area contributed by atoms with Crippen LogP contribution in [0.1, 0.15) is 11.1 Å². The third kappa shape index (κ3) is 3.51. The summed E-state index contributed by atoms with van der Waals surface area (Å²) in [6.45, 7) is 0.608. The van der Waals surface area contributed by atoms with Crippen LogP contribution >= 0.6 is 11.8 Å². The van der Waals surface area contributed by atoms with Crippen molar-refractivity contribution in [3.05, 3.63) is 77.9 Å². The van der Waals surface area contributed by atoms with E-state index in [0.29, 0.717) is 23.5 Å². The van der Waals surface area contributed by atoms with Crippen LogP contribution in [0.3, 0.4) is 0 Å². The first-order chi connectivity index (χ1) is 12.3. The highest BCUT2D eigenvalue weighted by molar-refractivity contribution is 7.98. The first kappa shape index (κ1) is 15.7. The minimum Gasteiger partial charge on any atom is -0.227 e. The molecule has 0 fully saturated rings. The van der Waals surface area contributed by atoms with Crippen molar-refractivity contribution in [2.75, 3.05) is 0 Å². The lowest BCUT2D eigenvalue weighted by atomic mass is 10.2. The molecule has 25 heavy (non-hydrogen) atoms. The zero-order chi connectivity index (χ0) is 17.1. The maximum atomic E-state index is 13.0. The zero-order valence-corrected chi connectivity index (χ0v) is 14.0. The van der Waals surface area contributed by atoms with Crippen LogP contribution in [-0.2, 0) is 12.3 Å². The number of aromatic nitrogens is 5. The van der Waals surface area contributed by atoms with Gasteiger partial charge in [0.05, 0.1) is 6.54 Å². The Balaban J connectivity index is 1.57. The molecular formula is C18H14FN5S. The van der Waals surface area contributed by atoms with Crippen LogP contribution in [0.5, 0.6) is 0 Å². The molecule has 0 unspecified atom stereocenters. The fourth-order valence-corrected chi connectivity index (χ4v) is 3.36. The van der Waals surface area contributed by atoms with Crippen molar-refractivity contribution in [3.8, 4) is 0 Å². The van der Waals surface area contributed by atoms with Gasteiger partial charge in [0.15, 0.2) is 11.2 Å². The Morgan fingerprint density at radius 2 is 1.72 bits per heavy atom. The second-order valence-corrected chi connectivity index (χ2v) is 6.46. The van der Waals surface area contributed by atoms with E-state index in [4.69, 9.17) is 0 Å². The molecule has 0 aliphatic rings. The average molecular weight is 351 g/mol. The summed E-state index contributed by atoms with van der Waals surface area (Å²) in [7, 11) is 0. The third-order valence-corrected chi connectivity index (χ3v) is 4.78. The number of rotatable bonds is 5. The Morgan fingerprint density at radius 1 is 0.920 bits per heavy atom. The average Bonchev–Trinajstić information content (AvgIpc) is 3.06. The summed E-state index contributed by atoms with van der Waals surface area (Å²) in [4.78, 5) is 8.65. The second kappa shape index (κ2) is 6.98. The van der Waals surface area contributed by atoms with E-state index >= 15 is 0 Å². The Labute approximate surface area is 147 Å². The maximum absolute atomic E-state index is 13.0. The summed E-state index contributed by atoms with van der Waals surface area (Å²) in [6.07, 6.45) is 1.53. The number of nitrogens with zero attached hydrogens (tertiary/aromatic N) is 5. The van der Waals surface area contributed by atoms with Crippen molar-refractivity contribution in [2.45, 2.75) is 17.3 Å². The molecule has 2 aromatic carbocycles. The van der Waals surface area contributed by atoms with Crippen molar-refractivity contribution in [1.82, 2.24) is 25.0 Å². The van der Waals surface area contributed by atoms with Crippen LogP contribution in [0.25, 0.3) is 11.2 Å². The van der Waals surface area contributed by atoms with Crippen molar-refractivity contribution in [2.24, 2.45) is 0 Å². The van der Waals surface area contributed by atoms with Gasteiger partial charge in [-0.15, -0.1) is 5.10 Å². The maximum Gasteiger partial charge on any atom is 0.183 e. The predicted molar refractivity (Wildman–Crippen MR) is 94.6 cm³/mol.